The Hall–Kier alpha value is 0. The summed E-state index contributed by atoms with van der Waals surface area (Å²) in [7, 11) is 0. The number of hydrogen-bond acceptors (Lipinski definition) is 0. The van der Waals surface area contributed by atoms with Gasteiger partial charge in [0, 0.05) is 0 Å². The molecule has 0 unspecified atom stereocenters. The molecule has 2 saturated carbocycles. The normalized spacial score (nSPS) is 39.2. The lowest BCUT2D eigenvalue weighted by Gasteiger charge is -2.40. The van der Waals surface area contributed by atoms with E-state index in [2.05, 4.69) is 6.92 Å². The minimum Gasteiger partial charge on any atom is -0.0654 e. The standard InChI is InChI=1S/C12H22/c1-2-3-4-6-10-9-11-7-5-8-12(10)11/h10-12H,2-9H2,1H3/t10-,11+,12-/m1/s1. The van der Waals surface area contributed by atoms with E-state index in [0.29, 0.717) is 0 Å². The predicted molar refractivity (Wildman–Crippen MR) is 53.1 cm³/mol. The smallest absolute Gasteiger partial charge is 0.0357 e. The maximum absolute atomic E-state index is 2.30. The van der Waals surface area contributed by atoms with Crippen molar-refractivity contribution in [3.8, 4) is 0 Å². The van der Waals surface area contributed by atoms with Gasteiger partial charge in [0.05, 0.1) is 0 Å². The Bertz CT molecular complexity index is 139. The highest BCUT2D eigenvalue weighted by Crippen LogP contribution is 2.52. The van der Waals surface area contributed by atoms with Gasteiger partial charge in [0.15, 0.2) is 0 Å². The van der Waals surface area contributed by atoms with Gasteiger partial charge in [0.25, 0.3) is 0 Å². The van der Waals surface area contributed by atoms with E-state index in [9.17, 15) is 0 Å². The Morgan fingerprint density at radius 1 is 1.17 bits per heavy atom. The van der Waals surface area contributed by atoms with Crippen molar-refractivity contribution in [1.82, 2.24) is 0 Å². The number of hydrogen-bond donors (Lipinski definition) is 0. The van der Waals surface area contributed by atoms with Crippen LogP contribution in [-0.4, -0.2) is 0 Å². The summed E-state index contributed by atoms with van der Waals surface area (Å²) in [6.45, 7) is 2.30. The van der Waals surface area contributed by atoms with Gasteiger partial charge >= 0.3 is 0 Å². The van der Waals surface area contributed by atoms with Crippen LogP contribution >= 0.6 is 0 Å². The van der Waals surface area contributed by atoms with Gasteiger partial charge in [-0.25, -0.2) is 0 Å². The zero-order chi connectivity index (χ0) is 8.39. The molecular weight excluding hydrogens is 144 g/mol. The van der Waals surface area contributed by atoms with Crippen LogP contribution in [0.3, 0.4) is 0 Å². The van der Waals surface area contributed by atoms with E-state index < -0.39 is 0 Å². The highest BCUT2D eigenvalue weighted by molar-refractivity contribution is 4.92. The minimum atomic E-state index is 1.16. The van der Waals surface area contributed by atoms with E-state index in [1.54, 1.807) is 32.1 Å². The molecule has 2 aliphatic carbocycles. The van der Waals surface area contributed by atoms with Crippen LogP contribution in [0.4, 0.5) is 0 Å². The van der Waals surface area contributed by atoms with Crippen molar-refractivity contribution < 1.29 is 0 Å². The Morgan fingerprint density at radius 2 is 2.08 bits per heavy atom. The molecular formula is C12H22. The molecule has 0 N–H and O–H groups in total. The SMILES string of the molecule is CCCCC[C@@H]1C[C@@H]2CCC[C@H]12. The lowest BCUT2D eigenvalue weighted by Crippen LogP contribution is -2.32. The highest BCUT2D eigenvalue weighted by atomic mass is 14.5. The van der Waals surface area contributed by atoms with E-state index in [0.717, 1.165) is 5.92 Å². The molecule has 0 amide bonds. The molecule has 0 aromatic carbocycles. The van der Waals surface area contributed by atoms with Crippen molar-refractivity contribution in [2.24, 2.45) is 17.8 Å². The van der Waals surface area contributed by atoms with E-state index >= 15 is 0 Å². The zero-order valence-corrected chi connectivity index (χ0v) is 8.39. The third-order valence-corrected chi connectivity index (χ3v) is 4.11. The van der Waals surface area contributed by atoms with E-state index in [-0.39, 0.29) is 0 Å². The molecule has 70 valence electrons. The monoisotopic (exact) mass is 166 g/mol. The largest absolute Gasteiger partial charge is 0.0654 e. The second-order valence-electron chi connectivity index (χ2n) is 4.85. The van der Waals surface area contributed by atoms with Crippen LogP contribution in [0.2, 0.25) is 0 Å². The van der Waals surface area contributed by atoms with Crippen LogP contribution in [0.15, 0.2) is 0 Å². The first kappa shape index (κ1) is 8.59. The molecule has 0 heteroatoms. The molecule has 2 fully saturated rings. The fourth-order valence-electron chi connectivity index (χ4n) is 3.34. The summed E-state index contributed by atoms with van der Waals surface area (Å²) in [5.41, 5.74) is 0. The van der Waals surface area contributed by atoms with Gasteiger partial charge in [0.2, 0.25) is 0 Å². The summed E-state index contributed by atoms with van der Waals surface area (Å²) in [6, 6.07) is 0. The third-order valence-electron chi connectivity index (χ3n) is 4.11. The minimum absolute atomic E-state index is 1.16. The summed E-state index contributed by atoms with van der Waals surface area (Å²) in [4.78, 5) is 0. The molecule has 0 radical (unpaired) electrons. The Kier molecular flexibility index (Phi) is 2.73. The average Bonchev–Trinajstić information content (AvgIpc) is 2.41. The molecule has 3 atom stereocenters. The van der Waals surface area contributed by atoms with Crippen molar-refractivity contribution in [2.45, 2.75) is 58.3 Å². The number of unbranched alkanes of at least 4 members (excludes halogenated alkanes) is 2. The second kappa shape index (κ2) is 3.81. The zero-order valence-electron chi connectivity index (χ0n) is 8.39. The van der Waals surface area contributed by atoms with Crippen molar-refractivity contribution >= 4 is 0 Å². The van der Waals surface area contributed by atoms with Gasteiger partial charge < -0.3 is 0 Å². The van der Waals surface area contributed by atoms with Crippen molar-refractivity contribution in [2.75, 3.05) is 0 Å². The third kappa shape index (κ3) is 1.53. The summed E-state index contributed by atoms with van der Waals surface area (Å²) in [5, 5.41) is 0. The predicted octanol–water partition coefficient (Wildman–Crippen LogP) is 4.00. The average molecular weight is 166 g/mol. The van der Waals surface area contributed by atoms with Gasteiger partial charge in [-0.3, -0.25) is 0 Å². The number of rotatable bonds is 4. The van der Waals surface area contributed by atoms with Crippen LogP contribution in [0.25, 0.3) is 0 Å². The Labute approximate surface area is 76.7 Å². The van der Waals surface area contributed by atoms with Crippen molar-refractivity contribution in [1.29, 1.82) is 0 Å². The lowest BCUT2D eigenvalue weighted by atomic mass is 9.65. The fourth-order valence-corrected chi connectivity index (χ4v) is 3.34. The second-order valence-corrected chi connectivity index (χ2v) is 4.85. The molecule has 0 saturated heterocycles. The van der Waals surface area contributed by atoms with Gasteiger partial charge in [-0.1, -0.05) is 45.4 Å². The van der Waals surface area contributed by atoms with Gasteiger partial charge in [-0.2, -0.15) is 0 Å². The first-order valence-electron chi connectivity index (χ1n) is 5.92. The van der Waals surface area contributed by atoms with Crippen LogP contribution < -0.4 is 0 Å². The van der Waals surface area contributed by atoms with E-state index in [1.807, 2.05) is 0 Å². The summed E-state index contributed by atoms with van der Waals surface area (Å²) < 4.78 is 0. The number of fused-ring (bicyclic) bond motifs is 1. The summed E-state index contributed by atoms with van der Waals surface area (Å²) in [6.07, 6.45) is 12.2. The summed E-state index contributed by atoms with van der Waals surface area (Å²) >= 11 is 0. The highest BCUT2D eigenvalue weighted by Gasteiger charge is 2.42. The molecule has 0 spiro atoms. The topological polar surface area (TPSA) is 0 Å². The Balaban J connectivity index is 1.64. The van der Waals surface area contributed by atoms with Crippen LogP contribution in [-0.2, 0) is 0 Å². The van der Waals surface area contributed by atoms with E-state index in [1.165, 1.54) is 31.1 Å². The summed E-state index contributed by atoms with van der Waals surface area (Å²) in [5.74, 6) is 3.52. The molecule has 0 aromatic rings. The molecule has 2 rings (SSSR count). The Morgan fingerprint density at radius 3 is 2.83 bits per heavy atom. The first-order valence-corrected chi connectivity index (χ1v) is 5.92. The molecule has 0 aliphatic heterocycles. The van der Waals surface area contributed by atoms with Crippen molar-refractivity contribution in [3.63, 3.8) is 0 Å². The molecule has 0 aromatic heterocycles. The maximum atomic E-state index is 2.30. The van der Waals surface area contributed by atoms with Gasteiger partial charge in [-0.05, 0) is 30.6 Å². The molecule has 0 nitrogen and oxygen atoms in total. The quantitative estimate of drug-likeness (QED) is 0.554. The first-order chi connectivity index (χ1) is 5.92. The molecule has 12 heavy (non-hydrogen) atoms. The fraction of sp³-hybridized carbons (Fsp3) is 1.00. The molecule has 2 aliphatic rings. The van der Waals surface area contributed by atoms with Crippen LogP contribution in [0.1, 0.15) is 58.3 Å². The van der Waals surface area contributed by atoms with Gasteiger partial charge in [-0.15, -0.1) is 0 Å². The lowest BCUT2D eigenvalue weighted by molar-refractivity contribution is 0.0924. The molecule has 0 heterocycles. The van der Waals surface area contributed by atoms with Crippen molar-refractivity contribution in [3.05, 3.63) is 0 Å². The van der Waals surface area contributed by atoms with Crippen LogP contribution in [0.5, 0.6) is 0 Å². The van der Waals surface area contributed by atoms with E-state index in [4.69, 9.17) is 0 Å². The van der Waals surface area contributed by atoms with Crippen LogP contribution in [0, 0.1) is 17.8 Å². The van der Waals surface area contributed by atoms with Gasteiger partial charge in [0.1, 0.15) is 0 Å². The molecule has 0 bridgehead atoms. The maximum Gasteiger partial charge on any atom is -0.0357 e.